The predicted molar refractivity (Wildman–Crippen MR) is 136 cm³/mol. The van der Waals surface area contributed by atoms with Gasteiger partial charge in [-0.1, -0.05) is 19.1 Å². The van der Waals surface area contributed by atoms with Crippen molar-refractivity contribution in [1.29, 1.82) is 0 Å². The molecule has 0 radical (unpaired) electrons. The van der Waals surface area contributed by atoms with E-state index in [1.165, 1.54) is 22.0 Å². The third kappa shape index (κ3) is 5.15. The molecule has 4 rings (SSSR count). The van der Waals surface area contributed by atoms with Crippen molar-refractivity contribution in [2.75, 3.05) is 4.90 Å². The van der Waals surface area contributed by atoms with Gasteiger partial charge < -0.3 is 10.8 Å². The smallest absolute Gasteiger partial charge is 0.341 e. The van der Waals surface area contributed by atoms with Gasteiger partial charge in [-0.25, -0.2) is 9.48 Å². The Morgan fingerprint density at radius 3 is 2.31 bits per heavy atom. The average Bonchev–Trinajstić information content (AvgIpc) is 3.29. The highest BCUT2D eigenvalue weighted by Crippen LogP contribution is 2.33. The summed E-state index contributed by atoms with van der Waals surface area (Å²) in [7, 11) is 0. The second-order valence-corrected chi connectivity index (χ2v) is 9.75. The number of primary amides is 1. The molecule has 2 heterocycles. The van der Waals surface area contributed by atoms with Crippen LogP contribution in [0.15, 0.2) is 48.9 Å². The fraction of sp³-hybridized carbons (Fsp3) is 0.370. The van der Waals surface area contributed by atoms with Gasteiger partial charge in [0, 0.05) is 36.1 Å². The molecule has 0 aliphatic heterocycles. The highest BCUT2D eigenvalue weighted by molar-refractivity contribution is 6.02. The summed E-state index contributed by atoms with van der Waals surface area (Å²) in [6.45, 7) is 5.94. The van der Waals surface area contributed by atoms with Gasteiger partial charge in [0.25, 0.3) is 0 Å². The lowest BCUT2D eigenvalue weighted by Crippen LogP contribution is -2.43. The number of aromatic carboxylic acids is 1. The molecule has 1 saturated carbocycles. The van der Waals surface area contributed by atoms with Crippen LogP contribution in [-0.4, -0.2) is 43.7 Å². The molecular weight excluding hydrogens is 458 g/mol. The Hall–Kier alpha value is -4.01. The zero-order valence-corrected chi connectivity index (χ0v) is 20.7. The van der Waals surface area contributed by atoms with Crippen molar-refractivity contribution in [3.05, 3.63) is 60.0 Å². The second kappa shape index (κ2) is 10.3. The molecule has 1 aromatic carbocycles. The number of aromatic nitrogens is 3. The Morgan fingerprint density at radius 2 is 1.72 bits per heavy atom. The monoisotopic (exact) mass is 489 g/mol. The minimum absolute atomic E-state index is 0.0244. The molecule has 2 aromatic heterocycles. The molecule has 0 saturated heterocycles. The van der Waals surface area contributed by atoms with Crippen LogP contribution >= 0.6 is 0 Å². The zero-order valence-electron chi connectivity index (χ0n) is 20.7. The van der Waals surface area contributed by atoms with Crippen LogP contribution in [0.1, 0.15) is 67.2 Å². The zero-order chi connectivity index (χ0) is 26.0. The predicted octanol–water partition coefficient (Wildman–Crippen LogP) is 4.30. The summed E-state index contributed by atoms with van der Waals surface area (Å²) in [4.78, 5) is 42.7. The van der Waals surface area contributed by atoms with E-state index in [1.54, 1.807) is 24.4 Å². The molecule has 0 atom stereocenters. The summed E-state index contributed by atoms with van der Waals surface area (Å²) in [6, 6.07) is 8.65. The first kappa shape index (κ1) is 25.1. The van der Waals surface area contributed by atoms with Gasteiger partial charge in [0.15, 0.2) is 5.82 Å². The van der Waals surface area contributed by atoms with Gasteiger partial charge >= 0.3 is 5.97 Å². The van der Waals surface area contributed by atoms with Gasteiger partial charge in [-0.15, -0.1) is 5.10 Å². The number of nitrogens with zero attached hydrogens (tertiary/aromatic N) is 4. The lowest BCUT2D eigenvalue weighted by atomic mass is 9.82. The minimum atomic E-state index is -1.14. The van der Waals surface area contributed by atoms with Crippen LogP contribution in [0, 0.1) is 11.8 Å². The average molecular weight is 490 g/mol. The number of carboxylic acids is 1. The van der Waals surface area contributed by atoms with Crippen molar-refractivity contribution < 1.29 is 19.5 Å². The number of benzene rings is 1. The molecule has 3 aromatic rings. The molecule has 1 fully saturated rings. The van der Waals surface area contributed by atoms with Crippen LogP contribution in [0.2, 0.25) is 0 Å². The quantitative estimate of drug-likeness (QED) is 0.509. The summed E-state index contributed by atoms with van der Waals surface area (Å²) in [5, 5.41) is 14.5. The normalized spacial score (nSPS) is 17.7. The molecule has 188 valence electrons. The first-order valence-corrected chi connectivity index (χ1v) is 12.2. The highest BCUT2D eigenvalue weighted by atomic mass is 16.4. The van der Waals surface area contributed by atoms with Crippen molar-refractivity contribution in [2.24, 2.45) is 17.6 Å². The van der Waals surface area contributed by atoms with E-state index >= 15 is 0 Å². The Bertz CT molecular complexity index is 1270. The van der Waals surface area contributed by atoms with Gasteiger partial charge in [-0.3, -0.25) is 19.5 Å². The lowest BCUT2D eigenvalue weighted by Gasteiger charge is -2.32. The fourth-order valence-electron chi connectivity index (χ4n) is 4.67. The molecule has 9 nitrogen and oxygen atoms in total. The summed E-state index contributed by atoms with van der Waals surface area (Å²) in [5.74, 6) is -1.13. The summed E-state index contributed by atoms with van der Waals surface area (Å²) in [6.07, 6.45) is 8.08. The summed E-state index contributed by atoms with van der Waals surface area (Å²) >= 11 is 0. The molecule has 0 bridgehead atoms. The fourth-order valence-corrected chi connectivity index (χ4v) is 4.67. The number of carboxylic acid groups (broad SMARTS) is 1. The van der Waals surface area contributed by atoms with Gasteiger partial charge in [0.2, 0.25) is 11.8 Å². The van der Waals surface area contributed by atoms with Crippen molar-refractivity contribution in [3.63, 3.8) is 0 Å². The van der Waals surface area contributed by atoms with E-state index in [4.69, 9.17) is 5.73 Å². The van der Waals surface area contributed by atoms with E-state index in [0.717, 1.165) is 36.8 Å². The van der Waals surface area contributed by atoms with Crippen LogP contribution in [0.25, 0.3) is 16.8 Å². The van der Waals surface area contributed by atoms with Crippen molar-refractivity contribution >= 4 is 23.6 Å². The maximum Gasteiger partial charge on any atom is 0.341 e. The van der Waals surface area contributed by atoms with E-state index in [2.05, 4.69) is 17.0 Å². The number of amides is 2. The summed E-state index contributed by atoms with van der Waals surface area (Å²) < 4.78 is 1.48. The third-order valence-corrected chi connectivity index (χ3v) is 6.76. The SMILES string of the molecule is CC(C)N(c1nn(-c2ccc(-c3cncc(C(N)=O)c3)cc2)cc1C(=O)O)C(=O)[C@H]1CC[C@H](C)CC1. The third-order valence-electron chi connectivity index (χ3n) is 6.76. The molecule has 2 amide bonds. The van der Waals surface area contributed by atoms with Gasteiger partial charge in [-0.2, -0.15) is 0 Å². The molecule has 3 N–H and O–H groups in total. The van der Waals surface area contributed by atoms with Crippen LogP contribution < -0.4 is 10.6 Å². The van der Waals surface area contributed by atoms with Crippen molar-refractivity contribution in [2.45, 2.75) is 52.5 Å². The Morgan fingerprint density at radius 1 is 1.06 bits per heavy atom. The van der Waals surface area contributed by atoms with Crippen LogP contribution in [-0.2, 0) is 4.79 Å². The van der Waals surface area contributed by atoms with E-state index in [1.807, 2.05) is 26.0 Å². The molecular formula is C27H31N5O4. The Labute approximate surface area is 209 Å². The topological polar surface area (TPSA) is 131 Å². The van der Waals surface area contributed by atoms with Crippen LogP contribution in [0.3, 0.4) is 0 Å². The lowest BCUT2D eigenvalue weighted by molar-refractivity contribution is -0.124. The van der Waals surface area contributed by atoms with Crippen LogP contribution in [0.5, 0.6) is 0 Å². The maximum absolute atomic E-state index is 13.5. The maximum atomic E-state index is 13.5. The number of anilines is 1. The molecule has 0 spiro atoms. The van der Waals surface area contributed by atoms with Gasteiger partial charge in [0.1, 0.15) is 5.56 Å². The van der Waals surface area contributed by atoms with E-state index in [0.29, 0.717) is 17.2 Å². The van der Waals surface area contributed by atoms with Crippen molar-refractivity contribution in [1.82, 2.24) is 14.8 Å². The molecule has 1 aliphatic rings. The molecule has 0 unspecified atom stereocenters. The molecule has 36 heavy (non-hydrogen) atoms. The van der Waals surface area contributed by atoms with Crippen molar-refractivity contribution in [3.8, 4) is 16.8 Å². The number of pyridine rings is 1. The second-order valence-electron chi connectivity index (χ2n) is 9.75. The first-order valence-electron chi connectivity index (χ1n) is 12.2. The van der Waals surface area contributed by atoms with Crippen LogP contribution in [0.4, 0.5) is 5.82 Å². The van der Waals surface area contributed by atoms with Gasteiger partial charge in [-0.05, 0) is 69.2 Å². The number of hydrogen-bond donors (Lipinski definition) is 2. The summed E-state index contributed by atoms with van der Waals surface area (Å²) in [5.41, 5.74) is 7.81. The number of nitrogens with two attached hydrogens (primary N) is 1. The number of carbonyl (C=O) groups is 3. The molecule has 1 aliphatic carbocycles. The Kier molecular flexibility index (Phi) is 7.19. The minimum Gasteiger partial charge on any atom is -0.477 e. The number of carbonyl (C=O) groups excluding carboxylic acids is 2. The Balaban J connectivity index is 1.66. The largest absolute Gasteiger partial charge is 0.477 e. The standard InChI is InChI=1S/C27H31N5O4/c1-16(2)32(26(34)19-6-4-17(3)5-7-19)25-23(27(35)36)15-31(30-25)22-10-8-18(9-11-22)20-12-21(24(28)33)14-29-13-20/h8-17,19H,4-7H2,1-3H3,(H2,28,33)(H,35,36)/t17-,19-. The first-order chi connectivity index (χ1) is 17.2. The van der Waals surface area contributed by atoms with E-state index in [-0.39, 0.29) is 29.2 Å². The van der Waals surface area contributed by atoms with E-state index in [9.17, 15) is 19.5 Å². The number of hydrogen-bond acceptors (Lipinski definition) is 5. The van der Waals surface area contributed by atoms with E-state index < -0.39 is 11.9 Å². The number of rotatable bonds is 7. The van der Waals surface area contributed by atoms with Gasteiger partial charge in [0.05, 0.1) is 11.3 Å². The molecule has 9 heteroatoms. The highest BCUT2D eigenvalue weighted by Gasteiger charge is 2.34.